The summed E-state index contributed by atoms with van der Waals surface area (Å²) in [5, 5.41) is 0.997. The lowest BCUT2D eigenvalue weighted by molar-refractivity contribution is 0.240. The molecule has 2 heterocycles. The SMILES string of the molecule is CCC1CCCN1Cc1ccc(Cl)nc1Cl. The van der Waals surface area contributed by atoms with Gasteiger partial charge >= 0.3 is 0 Å². The van der Waals surface area contributed by atoms with Crippen molar-refractivity contribution in [3.63, 3.8) is 0 Å². The van der Waals surface area contributed by atoms with Crippen LogP contribution in [0.4, 0.5) is 0 Å². The van der Waals surface area contributed by atoms with Gasteiger partial charge in [-0.3, -0.25) is 4.90 Å². The first-order chi connectivity index (χ1) is 7.70. The van der Waals surface area contributed by atoms with Crippen LogP contribution in [0.25, 0.3) is 0 Å². The molecule has 0 saturated carbocycles. The predicted octanol–water partition coefficient (Wildman–Crippen LogP) is 3.76. The summed E-state index contributed by atoms with van der Waals surface area (Å²) in [5.41, 5.74) is 1.08. The molecule has 0 spiro atoms. The van der Waals surface area contributed by atoms with E-state index >= 15 is 0 Å². The smallest absolute Gasteiger partial charge is 0.135 e. The fourth-order valence-corrected chi connectivity index (χ4v) is 2.75. The molecule has 0 bridgehead atoms. The molecule has 1 aromatic rings. The topological polar surface area (TPSA) is 16.1 Å². The van der Waals surface area contributed by atoms with Gasteiger partial charge in [-0.05, 0) is 31.9 Å². The fraction of sp³-hybridized carbons (Fsp3) is 0.583. The molecule has 1 unspecified atom stereocenters. The first-order valence-electron chi connectivity index (χ1n) is 5.75. The van der Waals surface area contributed by atoms with Crippen molar-refractivity contribution in [3.8, 4) is 0 Å². The second kappa shape index (κ2) is 5.35. The van der Waals surface area contributed by atoms with E-state index in [0.717, 1.165) is 18.7 Å². The Balaban J connectivity index is 2.08. The zero-order valence-electron chi connectivity index (χ0n) is 9.42. The maximum Gasteiger partial charge on any atom is 0.135 e. The Hall–Kier alpha value is -0.310. The van der Waals surface area contributed by atoms with Gasteiger partial charge in [0.05, 0.1) is 0 Å². The number of hydrogen-bond acceptors (Lipinski definition) is 2. The molecule has 4 heteroatoms. The van der Waals surface area contributed by atoms with E-state index in [9.17, 15) is 0 Å². The van der Waals surface area contributed by atoms with E-state index < -0.39 is 0 Å². The minimum atomic E-state index is 0.460. The van der Waals surface area contributed by atoms with Crippen LogP contribution in [0, 0.1) is 0 Å². The maximum absolute atomic E-state index is 6.08. The van der Waals surface area contributed by atoms with Gasteiger partial charge in [-0.15, -0.1) is 0 Å². The van der Waals surface area contributed by atoms with Crippen LogP contribution in [0.1, 0.15) is 31.7 Å². The molecule has 88 valence electrons. The molecule has 0 amide bonds. The number of rotatable bonds is 3. The Bertz CT molecular complexity index is 368. The maximum atomic E-state index is 6.08. The average molecular weight is 259 g/mol. The lowest BCUT2D eigenvalue weighted by Gasteiger charge is -2.23. The van der Waals surface area contributed by atoms with E-state index in [4.69, 9.17) is 23.2 Å². The van der Waals surface area contributed by atoms with Crippen LogP contribution in [0.5, 0.6) is 0 Å². The second-order valence-corrected chi connectivity index (χ2v) is 5.00. The molecule has 2 nitrogen and oxygen atoms in total. The van der Waals surface area contributed by atoms with Crippen molar-refractivity contribution in [3.05, 3.63) is 28.0 Å². The van der Waals surface area contributed by atoms with Crippen LogP contribution in [0.2, 0.25) is 10.3 Å². The van der Waals surface area contributed by atoms with Crippen molar-refractivity contribution >= 4 is 23.2 Å². The predicted molar refractivity (Wildman–Crippen MR) is 68.0 cm³/mol. The van der Waals surface area contributed by atoms with Crippen molar-refractivity contribution in [1.82, 2.24) is 9.88 Å². The summed E-state index contributed by atoms with van der Waals surface area (Å²) < 4.78 is 0. The third kappa shape index (κ3) is 2.68. The third-order valence-corrected chi connectivity index (χ3v) is 3.77. The van der Waals surface area contributed by atoms with Gasteiger partial charge in [0.1, 0.15) is 10.3 Å². The van der Waals surface area contributed by atoms with Gasteiger partial charge in [-0.2, -0.15) is 0 Å². The van der Waals surface area contributed by atoms with Crippen molar-refractivity contribution in [1.29, 1.82) is 0 Å². The number of halogens is 2. The van der Waals surface area contributed by atoms with Gasteiger partial charge in [-0.1, -0.05) is 36.2 Å². The summed E-state index contributed by atoms with van der Waals surface area (Å²) in [5.74, 6) is 0. The van der Waals surface area contributed by atoms with Crippen molar-refractivity contribution < 1.29 is 0 Å². The van der Waals surface area contributed by atoms with Crippen LogP contribution in [0.3, 0.4) is 0 Å². The van der Waals surface area contributed by atoms with E-state index in [1.54, 1.807) is 6.07 Å². The van der Waals surface area contributed by atoms with Gasteiger partial charge in [-0.25, -0.2) is 4.98 Å². The van der Waals surface area contributed by atoms with E-state index in [1.165, 1.54) is 19.3 Å². The minimum absolute atomic E-state index is 0.460. The normalized spacial score (nSPS) is 21.6. The van der Waals surface area contributed by atoms with Gasteiger partial charge < -0.3 is 0 Å². The number of hydrogen-bond donors (Lipinski definition) is 0. The number of pyridine rings is 1. The van der Waals surface area contributed by atoms with Crippen molar-refractivity contribution in [2.45, 2.75) is 38.8 Å². The first-order valence-corrected chi connectivity index (χ1v) is 6.51. The van der Waals surface area contributed by atoms with E-state index in [0.29, 0.717) is 16.3 Å². The van der Waals surface area contributed by atoms with Crippen LogP contribution < -0.4 is 0 Å². The van der Waals surface area contributed by atoms with Gasteiger partial charge in [0.15, 0.2) is 0 Å². The Labute approximate surface area is 107 Å². The summed E-state index contributed by atoms with van der Waals surface area (Å²) in [6, 6.07) is 4.48. The molecule has 0 aromatic carbocycles. The summed E-state index contributed by atoms with van der Waals surface area (Å²) in [6.45, 7) is 4.30. The van der Waals surface area contributed by atoms with E-state index in [2.05, 4.69) is 16.8 Å². The average Bonchev–Trinajstić information content (AvgIpc) is 2.69. The molecule has 1 atom stereocenters. The molecular weight excluding hydrogens is 243 g/mol. The standard InChI is InChI=1S/C12H16Cl2N2/c1-2-10-4-3-7-16(10)8-9-5-6-11(13)15-12(9)14/h5-6,10H,2-4,7-8H2,1H3. The molecule has 2 rings (SSSR count). The van der Waals surface area contributed by atoms with Crippen molar-refractivity contribution in [2.75, 3.05) is 6.54 Å². The number of likely N-dealkylation sites (tertiary alicyclic amines) is 1. The minimum Gasteiger partial charge on any atom is -0.296 e. The molecule has 0 aliphatic carbocycles. The Morgan fingerprint density at radius 3 is 2.94 bits per heavy atom. The quantitative estimate of drug-likeness (QED) is 0.768. The Morgan fingerprint density at radius 1 is 1.44 bits per heavy atom. The molecule has 0 radical (unpaired) electrons. The number of nitrogens with zero attached hydrogens (tertiary/aromatic N) is 2. The van der Waals surface area contributed by atoms with Crippen molar-refractivity contribution in [2.24, 2.45) is 0 Å². The highest BCUT2D eigenvalue weighted by atomic mass is 35.5. The van der Waals surface area contributed by atoms with Crippen LogP contribution >= 0.6 is 23.2 Å². The summed E-state index contributed by atoms with van der Waals surface area (Å²) in [6.07, 6.45) is 3.80. The molecule has 1 aliphatic rings. The lowest BCUT2D eigenvalue weighted by atomic mass is 10.1. The van der Waals surface area contributed by atoms with Crippen LogP contribution in [-0.2, 0) is 6.54 Å². The van der Waals surface area contributed by atoms with E-state index in [1.807, 2.05) is 6.07 Å². The van der Waals surface area contributed by atoms with Gasteiger partial charge in [0, 0.05) is 18.2 Å². The van der Waals surface area contributed by atoms with Crippen LogP contribution in [0.15, 0.2) is 12.1 Å². The van der Waals surface area contributed by atoms with E-state index in [-0.39, 0.29) is 0 Å². The first kappa shape index (κ1) is 12.2. The highest BCUT2D eigenvalue weighted by Gasteiger charge is 2.23. The highest BCUT2D eigenvalue weighted by molar-refractivity contribution is 6.32. The van der Waals surface area contributed by atoms with Gasteiger partial charge in [0.2, 0.25) is 0 Å². The summed E-state index contributed by atoms with van der Waals surface area (Å²) in [4.78, 5) is 6.55. The zero-order chi connectivity index (χ0) is 11.5. The molecule has 16 heavy (non-hydrogen) atoms. The third-order valence-electron chi connectivity index (χ3n) is 3.24. The molecule has 0 N–H and O–H groups in total. The Kier molecular flexibility index (Phi) is 4.06. The monoisotopic (exact) mass is 258 g/mol. The molecule has 1 fully saturated rings. The fourth-order valence-electron chi connectivity index (χ4n) is 2.34. The van der Waals surface area contributed by atoms with Crippen LogP contribution in [-0.4, -0.2) is 22.5 Å². The highest BCUT2D eigenvalue weighted by Crippen LogP contribution is 2.25. The Morgan fingerprint density at radius 2 is 2.25 bits per heavy atom. The molecular formula is C12H16Cl2N2. The molecule has 1 aromatic heterocycles. The summed E-state index contributed by atoms with van der Waals surface area (Å²) in [7, 11) is 0. The second-order valence-electron chi connectivity index (χ2n) is 4.26. The largest absolute Gasteiger partial charge is 0.296 e. The zero-order valence-corrected chi connectivity index (χ0v) is 10.9. The molecule has 1 saturated heterocycles. The summed E-state index contributed by atoms with van der Waals surface area (Å²) >= 11 is 11.9. The number of aromatic nitrogens is 1. The molecule has 1 aliphatic heterocycles. The van der Waals surface area contributed by atoms with Gasteiger partial charge in [0.25, 0.3) is 0 Å². The lowest BCUT2D eigenvalue weighted by Crippen LogP contribution is -2.28.